The van der Waals surface area contributed by atoms with Gasteiger partial charge >= 0.3 is 0 Å². The van der Waals surface area contributed by atoms with Gasteiger partial charge in [-0.25, -0.2) is 4.98 Å². The molecule has 0 aromatic carbocycles. The van der Waals surface area contributed by atoms with Crippen molar-refractivity contribution in [3.05, 3.63) is 18.3 Å². The molecule has 1 rings (SSSR count). The van der Waals surface area contributed by atoms with Crippen molar-refractivity contribution in [2.45, 2.75) is 33.2 Å². The van der Waals surface area contributed by atoms with E-state index in [0.29, 0.717) is 18.5 Å². The van der Waals surface area contributed by atoms with Gasteiger partial charge < -0.3 is 9.64 Å². The Morgan fingerprint density at radius 2 is 2.24 bits per heavy atom. The fraction of sp³-hybridized carbons (Fsp3) is 0.615. The molecule has 1 heterocycles. The number of anilines is 1. The molecule has 17 heavy (non-hydrogen) atoms. The fourth-order valence-electron chi connectivity index (χ4n) is 1.62. The van der Waals surface area contributed by atoms with Gasteiger partial charge in [-0.15, -0.1) is 11.6 Å². The number of aromatic nitrogens is 1. The van der Waals surface area contributed by atoms with E-state index in [9.17, 15) is 0 Å². The minimum absolute atomic E-state index is 0.354. The number of pyridine rings is 1. The molecular weight excluding hydrogens is 236 g/mol. The molecular formula is C13H21ClN2O. The molecule has 0 amide bonds. The van der Waals surface area contributed by atoms with Crippen molar-refractivity contribution >= 4 is 17.4 Å². The first-order valence-corrected chi connectivity index (χ1v) is 6.64. The lowest BCUT2D eigenvalue weighted by Gasteiger charge is -2.28. The lowest BCUT2D eigenvalue weighted by atomic mass is 10.3. The summed E-state index contributed by atoms with van der Waals surface area (Å²) >= 11 is 5.84. The van der Waals surface area contributed by atoms with Crippen molar-refractivity contribution in [1.82, 2.24) is 4.98 Å². The second-order valence-electron chi connectivity index (χ2n) is 4.15. The van der Waals surface area contributed by atoms with Gasteiger partial charge in [-0.3, -0.25) is 0 Å². The molecule has 0 saturated carbocycles. The zero-order valence-corrected chi connectivity index (χ0v) is 11.6. The van der Waals surface area contributed by atoms with Crippen molar-refractivity contribution in [3.8, 4) is 5.75 Å². The zero-order chi connectivity index (χ0) is 12.7. The average molecular weight is 257 g/mol. The minimum Gasteiger partial charge on any atom is -0.490 e. The molecule has 3 nitrogen and oxygen atoms in total. The smallest absolute Gasteiger partial charge is 0.171 e. The Bertz CT molecular complexity index is 331. The fourth-order valence-corrected chi connectivity index (χ4v) is 1.80. The molecule has 0 aliphatic heterocycles. The van der Waals surface area contributed by atoms with Crippen molar-refractivity contribution in [2.24, 2.45) is 0 Å². The molecule has 0 bridgehead atoms. The Labute approximate surface area is 109 Å². The summed E-state index contributed by atoms with van der Waals surface area (Å²) in [5.41, 5.74) is 0. The highest BCUT2D eigenvalue weighted by Gasteiger charge is 2.15. The molecule has 0 radical (unpaired) electrons. The summed E-state index contributed by atoms with van der Waals surface area (Å²) in [6.45, 7) is 7.84. The van der Waals surface area contributed by atoms with Gasteiger partial charge in [-0.05, 0) is 32.4 Å². The normalized spacial score (nSPS) is 10.6. The van der Waals surface area contributed by atoms with Crippen LogP contribution in [0.2, 0.25) is 0 Å². The Morgan fingerprint density at radius 1 is 1.47 bits per heavy atom. The first-order chi connectivity index (χ1) is 8.20. The summed E-state index contributed by atoms with van der Waals surface area (Å²) in [5, 5.41) is 0. The maximum absolute atomic E-state index is 5.84. The highest BCUT2D eigenvalue weighted by Crippen LogP contribution is 2.26. The number of hydrogen-bond acceptors (Lipinski definition) is 3. The van der Waals surface area contributed by atoms with Crippen LogP contribution in [0, 0.1) is 0 Å². The Hall–Kier alpha value is -0.960. The van der Waals surface area contributed by atoms with Crippen molar-refractivity contribution in [3.63, 3.8) is 0 Å². The van der Waals surface area contributed by atoms with E-state index in [4.69, 9.17) is 16.3 Å². The van der Waals surface area contributed by atoms with E-state index in [2.05, 4.69) is 30.7 Å². The largest absolute Gasteiger partial charge is 0.490 e. The molecule has 0 N–H and O–H groups in total. The van der Waals surface area contributed by atoms with Crippen molar-refractivity contribution < 1.29 is 4.74 Å². The minimum atomic E-state index is 0.354. The maximum Gasteiger partial charge on any atom is 0.171 e. The Kier molecular flexibility index (Phi) is 6.12. The maximum atomic E-state index is 5.84. The van der Waals surface area contributed by atoms with Gasteiger partial charge in [0.05, 0.1) is 6.61 Å². The first kappa shape index (κ1) is 14.1. The third-order valence-corrected chi connectivity index (χ3v) is 2.60. The van der Waals surface area contributed by atoms with E-state index < -0.39 is 0 Å². The standard InChI is InChI=1S/C13H21ClN2O/c1-4-10-17-12-6-5-8-15-13(12)16(9-7-14)11(2)3/h5-6,8,11H,4,7,9-10H2,1-3H3. The number of ether oxygens (including phenoxy) is 1. The third-order valence-electron chi connectivity index (χ3n) is 2.43. The van der Waals surface area contributed by atoms with Crippen LogP contribution in [0.3, 0.4) is 0 Å². The molecule has 0 atom stereocenters. The van der Waals surface area contributed by atoms with Gasteiger partial charge in [-0.2, -0.15) is 0 Å². The topological polar surface area (TPSA) is 25.4 Å². The zero-order valence-electron chi connectivity index (χ0n) is 10.8. The van der Waals surface area contributed by atoms with Crippen LogP contribution in [0.15, 0.2) is 18.3 Å². The van der Waals surface area contributed by atoms with Crippen LogP contribution in [-0.2, 0) is 0 Å². The number of hydrogen-bond donors (Lipinski definition) is 0. The third kappa shape index (κ3) is 4.08. The molecule has 96 valence electrons. The van der Waals surface area contributed by atoms with E-state index in [1.807, 2.05) is 12.1 Å². The molecule has 0 aliphatic carbocycles. The van der Waals surface area contributed by atoms with E-state index in [1.54, 1.807) is 6.20 Å². The first-order valence-electron chi connectivity index (χ1n) is 6.11. The highest BCUT2D eigenvalue weighted by molar-refractivity contribution is 6.18. The van der Waals surface area contributed by atoms with Gasteiger partial charge in [0.25, 0.3) is 0 Å². The molecule has 1 aromatic rings. The summed E-state index contributed by atoms with van der Waals surface area (Å²) in [6, 6.07) is 4.21. The molecule has 0 saturated heterocycles. The molecule has 0 spiro atoms. The Balaban J connectivity index is 2.92. The van der Waals surface area contributed by atoms with E-state index in [0.717, 1.165) is 24.5 Å². The molecule has 0 fully saturated rings. The summed E-state index contributed by atoms with van der Waals surface area (Å²) in [6.07, 6.45) is 2.78. The van der Waals surface area contributed by atoms with E-state index in [1.165, 1.54) is 0 Å². The summed E-state index contributed by atoms with van der Waals surface area (Å²) in [5.74, 6) is 2.31. The monoisotopic (exact) mass is 256 g/mol. The number of alkyl halides is 1. The summed E-state index contributed by atoms with van der Waals surface area (Å²) in [4.78, 5) is 6.58. The Morgan fingerprint density at radius 3 is 2.82 bits per heavy atom. The van der Waals surface area contributed by atoms with Crippen LogP contribution in [0.25, 0.3) is 0 Å². The molecule has 0 unspecified atom stereocenters. The second-order valence-corrected chi connectivity index (χ2v) is 4.53. The van der Waals surface area contributed by atoms with Gasteiger partial charge in [0, 0.05) is 24.7 Å². The van der Waals surface area contributed by atoms with Crippen molar-refractivity contribution in [2.75, 3.05) is 23.9 Å². The van der Waals surface area contributed by atoms with Crippen LogP contribution in [0.5, 0.6) is 5.75 Å². The van der Waals surface area contributed by atoms with Gasteiger partial charge in [0.1, 0.15) is 0 Å². The lowest BCUT2D eigenvalue weighted by molar-refractivity contribution is 0.316. The quantitative estimate of drug-likeness (QED) is 0.700. The number of halogens is 1. The number of rotatable bonds is 7. The van der Waals surface area contributed by atoms with Crippen LogP contribution >= 0.6 is 11.6 Å². The van der Waals surface area contributed by atoms with E-state index in [-0.39, 0.29) is 0 Å². The van der Waals surface area contributed by atoms with Crippen LogP contribution in [0.1, 0.15) is 27.2 Å². The van der Waals surface area contributed by atoms with Crippen LogP contribution in [0.4, 0.5) is 5.82 Å². The van der Waals surface area contributed by atoms with E-state index >= 15 is 0 Å². The predicted octanol–water partition coefficient (Wildman–Crippen LogP) is 3.32. The summed E-state index contributed by atoms with van der Waals surface area (Å²) < 4.78 is 5.72. The van der Waals surface area contributed by atoms with Gasteiger partial charge in [-0.1, -0.05) is 6.92 Å². The second kappa shape index (κ2) is 7.38. The van der Waals surface area contributed by atoms with Crippen molar-refractivity contribution in [1.29, 1.82) is 0 Å². The van der Waals surface area contributed by atoms with Crippen LogP contribution < -0.4 is 9.64 Å². The summed E-state index contributed by atoms with van der Waals surface area (Å²) in [7, 11) is 0. The predicted molar refractivity (Wildman–Crippen MR) is 73.2 cm³/mol. The average Bonchev–Trinajstić information content (AvgIpc) is 2.33. The lowest BCUT2D eigenvalue weighted by Crippen LogP contribution is -2.33. The highest BCUT2D eigenvalue weighted by atomic mass is 35.5. The van der Waals surface area contributed by atoms with Crippen LogP contribution in [-0.4, -0.2) is 30.1 Å². The van der Waals surface area contributed by atoms with Gasteiger partial charge in [0.2, 0.25) is 0 Å². The molecule has 0 aliphatic rings. The molecule has 4 heteroatoms. The molecule has 1 aromatic heterocycles. The number of nitrogens with zero attached hydrogens (tertiary/aromatic N) is 2. The SMILES string of the molecule is CCCOc1cccnc1N(CCCl)C(C)C. The van der Waals surface area contributed by atoms with Gasteiger partial charge in [0.15, 0.2) is 11.6 Å².